The van der Waals surface area contributed by atoms with E-state index in [1.165, 1.54) is 5.56 Å². The summed E-state index contributed by atoms with van der Waals surface area (Å²) in [5.41, 5.74) is 14.2. The van der Waals surface area contributed by atoms with Gasteiger partial charge in [0.15, 0.2) is 0 Å². The first-order valence-electron chi connectivity index (χ1n) is 14.4. The molecule has 0 unspecified atom stereocenters. The molecule has 0 aliphatic heterocycles. The average Bonchev–Trinajstić information content (AvgIpc) is 3.07. The maximum atomic E-state index is 4.52. The van der Waals surface area contributed by atoms with Crippen LogP contribution in [0.25, 0.3) is 79.7 Å². The standard InChI is InChI=1S/C42H33N/c1-6-32-33(7-2)39(26-25-36(32)29-19-17-28(5)18-20-29)42-35(9-4)34(8-3)41(37-14-10-11-15-38(37)42)31-23-21-30(22-24-31)40-16-12-13-27-43-40/h6-27H,1-4H2,5H3. The fourth-order valence-corrected chi connectivity index (χ4v) is 6.12. The topological polar surface area (TPSA) is 12.9 Å². The molecule has 6 rings (SSSR count). The lowest BCUT2D eigenvalue weighted by Crippen LogP contribution is -1.99. The normalized spacial score (nSPS) is 10.8. The molecule has 1 heterocycles. The first kappa shape index (κ1) is 27.6. The number of pyridine rings is 1. The Morgan fingerprint density at radius 3 is 1.58 bits per heavy atom. The lowest BCUT2D eigenvalue weighted by molar-refractivity contribution is 1.33. The van der Waals surface area contributed by atoms with Crippen molar-refractivity contribution in [2.45, 2.75) is 6.92 Å². The maximum Gasteiger partial charge on any atom is 0.0701 e. The minimum atomic E-state index is 0.953. The molecular weight excluding hydrogens is 518 g/mol. The van der Waals surface area contributed by atoms with Crippen molar-refractivity contribution in [1.82, 2.24) is 4.98 Å². The van der Waals surface area contributed by atoms with E-state index in [-0.39, 0.29) is 0 Å². The van der Waals surface area contributed by atoms with E-state index in [0.717, 1.165) is 77.7 Å². The predicted octanol–water partition coefficient (Wildman–Crippen LogP) is 11.8. The highest BCUT2D eigenvalue weighted by Gasteiger charge is 2.21. The van der Waals surface area contributed by atoms with Crippen LogP contribution in [0.3, 0.4) is 0 Å². The third-order valence-corrected chi connectivity index (χ3v) is 8.16. The molecule has 0 fully saturated rings. The van der Waals surface area contributed by atoms with E-state index in [2.05, 4.69) is 123 Å². The highest BCUT2D eigenvalue weighted by molar-refractivity contribution is 6.13. The number of hydrogen-bond acceptors (Lipinski definition) is 1. The Morgan fingerprint density at radius 1 is 0.465 bits per heavy atom. The van der Waals surface area contributed by atoms with Crippen LogP contribution in [0.15, 0.2) is 136 Å². The lowest BCUT2D eigenvalue weighted by atomic mass is 9.80. The molecule has 1 aromatic heterocycles. The van der Waals surface area contributed by atoms with Crippen molar-refractivity contribution >= 4 is 35.1 Å². The number of aryl methyl sites for hydroxylation is 1. The highest BCUT2D eigenvalue weighted by Crippen LogP contribution is 2.46. The molecular formula is C42H33N. The van der Waals surface area contributed by atoms with Gasteiger partial charge in [-0.2, -0.15) is 0 Å². The molecule has 1 nitrogen and oxygen atoms in total. The second-order valence-electron chi connectivity index (χ2n) is 10.6. The molecule has 0 atom stereocenters. The SMILES string of the molecule is C=Cc1c(-c2ccc(C)cc2)ccc(-c2c(C=C)c(C=C)c(-c3ccc(-c4ccccn4)cc3)c3ccccc23)c1C=C. The van der Waals surface area contributed by atoms with Gasteiger partial charge in [-0.15, -0.1) is 0 Å². The van der Waals surface area contributed by atoms with Crippen LogP contribution in [0.2, 0.25) is 0 Å². The minimum absolute atomic E-state index is 0.953. The summed E-state index contributed by atoms with van der Waals surface area (Å²) in [5, 5.41) is 2.30. The van der Waals surface area contributed by atoms with Gasteiger partial charge in [-0.3, -0.25) is 4.98 Å². The summed E-state index contributed by atoms with van der Waals surface area (Å²) in [6, 6.07) is 36.2. The van der Waals surface area contributed by atoms with Crippen molar-refractivity contribution in [2.24, 2.45) is 0 Å². The quantitative estimate of drug-likeness (QED) is 0.183. The number of aromatic nitrogens is 1. The Bertz CT molecular complexity index is 2010. The van der Waals surface area contributed by atoms with E-state index >= 15 is 0 Å². The summed E-state index contributed by atoms with van der Waals surface area (Å²) in [6.45, 7) is 19.1. The third-order valence-electron chi connectivity index (χ3n) is 8.16. The van der Waals surface area contributed by atoms with Crippen molar-refractivity contribution in [2.75, 3.05) is 0 Å². The summed E-state index contributed by atoms with van der Waals surface area (Å²) in [7, 11) is 0. The molecule has 0 amide bonds. The predicted molar refractivity (Wildman–Crippen MR) is 189 cm³/mol. The van der Waals surface area contributed by atoms with Gasteiger partial charge in [0.2, 0.25) is 0 Å². The van der Waals surface area contributed by atoms with Gasteiger partial charge in [0, 0.05) is 11.8 Å². The van der Waals surface area contributed by atoms with Gasteiger partial charge < -0.3 is 0 Å². The molecule has 6 aromatic rings. The third kappa shape index (κ3) is 4.86. The number of fused-ring (bicyclic) bond motifs is 1. The zero-order chi connectivity index (χ0) is 29.9. The summed E-state index contributed by atoms with van der Waals surface area (Å²) in [4.78, 5) is 4.52. The fourth-order valence-electron chi connectivity index (χ4n) is 6.12. The number of hydrogen-bond donors (Lipinski definition) is 0. The summed E-state index contributed by atoms with van der Waals surface area (Å²) in [5.74, 6) is 0. The van der Waals surface area contributed by atoms with E-state index in [0.29, 0.717) is 0 Å². The zero-order valence-corrected chi connectivity index (χ0v) is 24.5. The Hall–Kier alpha value is -5.53. The monoisotopic (exact) mass is 551 g/mol. The van der Waals surface area contributed by atoms with Crippen molar-refractivity contribution < 1.29 is 0 Å². The number of benzene rings is 5. The van der Waals surface area contributed by atoms with Crippen LogP contribution in [-0.4, -0.2) is 4.98 Å². The van der Waals surface area contributed by atoms with Gasteiger partial charge in [0.1, 0.15) is 0 Å². The zero-order valence-electron chi connectivity index (χ0n) is 24.5. The van der Waals surface area contributed by atoms with E-state index in [1.54, 1.807) is 0 Å². The van der Waals surface area contributed by atoms with Crippen molar-refractivity contribution in [3.05, 3.63) is 163 Å². The van der Waals surface area contributed by atoms with Gasteiger partial charge in [-0.05, 0) is 85.5 Å². The van der Waals surface area contributed by atoms with Crippen molar-refractivity contribution in [3.8, 4) is 44.6 Å². The average molecular weight is 552 g/mol. The second kappa shape index (κ2) is 11.8. The van der Waals surface area contributed by atoms with Gasteiger partial charge >= 0.3 is 0 Å². The Labute approximate surface area is 254 Å². The number of rotatable bonds is 8. The first-order valence-corrected chi connectivity index (χ1v) is 14.4. The summed E-state index contributed by atoms with van der Waals surface area (Å²) in [6.07, 6.45) is 9.63. The maximum absolute atomic E-state index is 4.52. The van der Waals surface area contributed by atoms with Crippen LogP contribution in [-0.2, 0) is 0 Å². The molecule has 5 aromatic carbocycles. The smallest absolute Gasteiger partial charge is 0.0701 e. The van der Waals surface area contributed by atoms with Crippen LogP contribution < -0.4 is 0 Å². The molecule has 0 saturated carbocycles. The first-order chi connectivity index (χ1) is 21.1. The highest BCUT2D eigenvalue weighted by atomic mass is 14.7. The molecule has 0 spiro atoms. The van der Waals surface area contributed by atoms with Crippen LogP contribution in [0.5, 0.6) is 0 Å². The van der Waals surface area contributed by atoms with Crippen molar-refractivity contribution in [1.29, 1.82) is 0 Å². The molecule has 0 bridgehead atoms. The van der Waals surface area contributed by atoms with Gasteiger partial charge in [-0.1, -0.05) is 147 Å². The summed E-state index contributed by atoms with van der Waals surface area (Å²) >= 11 is 0. The molecule has 0 aliphatic rings. The van der Waals surface area contributed by atoms with Gasteiger partial charge in [-0.25, -0.2) is 0 Å². The van der Waals surface area contributed by atoms with Crippen molar-refractivity contribution in [3.63, 3.8) is 0 Å². The largest absolute Gasteiger partial charge is 0.256 e. The van der Waals surface area contributed by atoms with Crippen LogP contribution in [0.4, 0.5) is 0 Å². The van der Waals surface area contributed by atoms with E-state index in [9.17, 15) is 0 Å². The molecule has 0 N–H and O–H groups in total. The van der Waals surface area contributed by atoms with E-state index < -0.39 is 0 Å². The van der Waals surface area contributed by atoms with Gasteiger partial charge in [0.25, 0.3) is 0 Å². The van der Waals surface area contributed by atoms with Gasteiger partial charge in [0.05, 0.1) is 5.69 Å². The molecule has 0 saturated heterocycles. The second-order valence-corrected chi connectivity index (χ2v) is 10.6. The van der Waals surface area contributed by atoms with E-state index in [1.807, 2.05) is 48.7 Å². The fraction of sp³-hybridized carbons (Fsp3) is 0.0238. The molecule has 0 aliphatic carbocycles. The van der Waals surface area contributed by atoms with Crippen LogP contribution in [0.1, 0.15) is 27.8 Å². The van der Waals surface area contributed by atoms with Crippen LogP contribution >= 0.6 is 0 Å². The minimum Gasteiger partial charge on any atom is -0.256 e. The molecule has 0 radical (unpaired) electrons. The Balaban J connectivity index is 1.62. The Morgan fingerprint density at radius 2 is 0.977 bits per heavy atom. The van der Waals surface area contributed by atoms with E-state index in [4.69, 9.17) is 0 Å². The molecule has 43 heavy (non-hydrogen) atoms. The summed E-state index contributed by atoms with van der Waals surface area (Å²) < 4.78 is 0. The Kier molecular flexibility index (Phi) is 7.56. The molecule has 1 heteroatoms. The lowest BCUT2D eigenvalue weighted by Gasteiger charge is -2.23. The van der Waals surface area contributed by atoms with Crippen LogP contribution in [0, 0.1) is 6.92 Å². The molecule has 206 valence electrons. The number of nitrogens with zero attached hydrogens (tertiary/aromatic N) is 1.